The predicted molar refractivity (Wildman–Crippen MR) is 85.1 cm³/mol. The molecule has 1 saturated heterocycles. The van der Waals surface area contributed by atoms with Crippen LogP contribution < -0.4 is 10.6 Å². The van der Waals surface area contributed by atoms with Crippen LogP contribution in [0.4, 0.5) is 4.79 Å². The Morgan fingerprint density at radius 3 is 3.04 bits per heavy atom. The number of urea groups is 1. The lowest BCUT2D eigenvalue weighted by atomic mass is 10.1. The van der Waals surface area contributed by atoms with Crippen molar-refractivity contribution in [2.75, 3.05) is 13.2 Å². The number of benzene rings is 1. The highest BCUT2D eigenvalue weighted by Gasteiger charge is 2.38. The topological polar surface area (TPSA) is 76.4 Å². The van der Waals surface area contributed by atoms with E-state index in [-0.39, 0.29) is 12.1 Å². The number of nitrogens with one attached hydrogen (secondary N) is 2. The zero-order chi connectivity index (χ0) is 15.6. The monoisotopic (exact) mass is 315 g/mol. The molecule has 0 bridgehead atoms. The van der Waals surface area contributed by atoms with Crippen LogP contribution in [0, 0.1) is 5.92 Å². The third kappa shape index (κ3) is 3.32. The molecule has 6 heteroatoms. The molecule has 2 fully saturated rings. The summed E-state index contributed by atoms with van der Waals surface area (Å²) in [6, 6.07) is 7.75. The van der Waals surface area contributed by atoms with Crippen LogP contribution in [0.5, 0.6) is 0 Å². The number of fused-ring (bicyclic) bond motifs is 1. The SMILES string of the molecule is O=C(NCCc1noc2ccccc12)NC1COC(C2CC2)C1. The molecule has 2 aromatic rings. The van der Waals surface area contributed by atoms with Crippen molar-refractivity contribution in [2.45, 2.75) is 37.8 Å². The molecule has 1 aliphatic carbocycles. The van der Waals surface area contributed by atoms with Gasteiger partial charge in [0.15, 0.2) is 5.58 Å². The summed E-state index contributed by atoms with van der Waals surface area (Å²) < 4.78 is 11.0. The second-order valence-corrected chi connectivity index (χ2v) is 6.42. The summed E-state index contributed by atoms with van der Waals surface area (Å²) in [5.41, 5.74) is 1.65. The van der Waals surface area contributed by atoms with Crippen LogP contribution in [0.1, 0.15) is 25.0 Å². The minimum absolute atomic E-state index is 0.133. The lowest BCUT2D eigenvalue weighted by Gasteiger charge is -2.12. The second-order valence-electron chi connectivity index (χ2n) is 6.42. The number of nitrogens with zero attached hydrogens (tertiary/aromatic N) is 1. The van der Waals surface area contributed by atoms with Gasteiger partial charge < -0.3 is 19.9 Å². The number of para-hydroxylation sites is 1. The first-order valence-corrected chi connectivity index (χ1v) is 8.29. The minimum atomic E-state index is -0.136. The van der Waals surface area contributed by atoms with Crippen molar-refractivity contribution in [3.05, 3.63) is 30.0 Å². The zero-order valence-electron chi connectivity index (χ0n) is 13.0. The Bertz CT molecular complexity index is 695. The molecule has 1 aliphatic heterocycles. The van der Waals surface area contributed by atoms with E-state index >= 15 is 0 Å². The molecular formula is C17H21N3O3. The average Bonchev–Trinajstić information content (AvgIpc) is 3.18. The number of aromatic nitrogens is 1. The van der Waals surface area contributed by atoms with Crippen LogP contribution in [-0.2, 0) is 11.2 Å². The van der Waals surface area contributed by atoms with Crippen molar-refractivity contribution in [2.24, 2.45) is 5.92 Å². The van der Waals surface area contributed by atoms with Gasteiger partial charge in [-0.05, 0) is 37.3 Å². The largest absolute Gasteiger partial charge is 0.376 e. The molecule has 4 rings (SSSR count). The predicted octanol–water partition coefficient (Wildman–Crippen LogP) is 2.24. The number of carbonyl (C=O) groups excluding carboxylic acids is 1. The van der Waals surface area contributed by atoms with Crippen molar-refractivity contribution in [1.29, 1.82) is 0 Å². The van der Waals surface area contributed by atoms with Gasteiger partial charge in [-0.15, -0.1) is 0 Å². The first-order chi connectivity index (χ1) is 11.3. The standard InChI is InChI=1S/C17H21N3O3/c21-17(19-12-9-16(22-10-12)11-5-6-11)18-8-7-14-13-3-1-2-4-15(13)23-20-14/h1-4,11-12,16H,5-10H2,(H2,18,19,21). The molecule has 1 saturated carbocycles. The normalized spacial score (nSPS) is 24.0. The molecule has 2 atom stereocenters. The third-order valence-electron chi connectivity index (χ3n) is 4.61. The number of carbonyl (C=O) groups is 1. The summed E-state index contributed by atoms with van der Waals surface area (Å²) in [6.07, 6.45) is 4.48. The van der Waals surface area contributed by atoms with E-state index in [1.54, 1.807) is 0 Å². The Balaban J connectivity index is 1.22. The van der Waals surface area contributed by atoms with Gasteiger partial charge in [0.05, 0.1) is 24.4 Å². The van der Waals surface area contributed by atoms with Crippen LogP contribution in [0.25, 0.3) is 11.0 Å². The summed E-state index contributed by atoms with van der Waals surface area (Å²) in [4.78, 5) is 12.0. The first-order valence-electron chi connectivity index (χ1n) is 8.29. The van der Waals surface area contributed by atoms with Crippen molar-refractivity contribution in [3.8, 4) is 0 Å². The highest BCUT2D eigenvalue weighted by molar-refractivity contribution is 5.79. The summed E-state index contributed by atoms with van der Waals surface area (Å²) in [5, 5.41) is 10.9. The second kappa shape index (κ2) is 6.20. The van der Waals surface area contributed by atoms with Gasteiger partial charge in [0.25, 0.3) is 0 Å². The summed E-state index contributed by atoms with van der Waals surface area (Å²) in [7, 11) is 0. The number of hydrogen-bond acceptors (Lipinski definition) is 4. The molecule has 122 valence electrons. The van der Waals surface area contributed by atoms with Crippen LogP contribution in [0.15, 0.2) is 28.8 Å². The number of hydrogen-bond donors (Lipinski definition) is 2. The van der Waals surface area contributed by atoms with E-state index in [2.05, 4.69) is 15.8 Å². The van der Waals surface area contributed by atoms with Gasteiger partial charge in [-0.1, -0.05) is 17.3 Å². The number of amides is 2. The maximum Gasteiger partial charge on any atom is 0.315 e. The fourth-order valence-corrected chi connectivity index (χ4v) is 3.20. The highest BCUT2D eigenvalue weighted by atomic mass is 16.5. The Morgan fingerprint density at radius 2 is 2.17 bits per heavy atom. The van der Waals surface area contributed by atoms with Gasteiger partial charge in [-0.3, -0.25) is 0 Å². The van der Waals surface area contributed by atoms with Gasteiger partial charge in [0.2, 0.25) is 0 Å². The molecule has 2 amide bonds. The quantitative estimate of drug-likeness (QED) is 0.887. The zero-order valence-corrected chi connectivity index (χ0v) is 13.0. The fourth-order valence-electron chi connectivity index (χ4n) is 3.20. The van der Waals surface area contributed by atoms with E-state index in [9.17, 15) is 4.79 Å². The maximum absolute atomic E-state index is 12.0. The Hall–Kier alpha value is -2.08. The van der Waals surface area contributed by atoms with E-state index in [4.69, 9.17) is 9.26 Å². The van der Waals surface area contributed by atoms with Crippen molar-refractivity contribution >= 4 is 17.0 Å². The van der Waals surface area contributed by atoms with Crippen molar-refractivity contribution in [1.82, 2.24) is 15.8 Å². The molecule has 2 unspecified atom stereocenters. The van der Waals surface area contributed by atoms with Gasteiger partial charge >= 0.3 is 6.03 Å². The van der Waals surface area contributed by atoms with Gasteiger partial charge in [-0.2, -0.15) is 0 Å². The van der Waals surface area contributed by atoms with Crippen LogP contribution in [0.2, 0.25) is 0 Å². The highest BCUT2D eigenvalue weighted by Crippen LogP contribution is 2.38. The van der Waals surface area contributed by atoms with E-state index in [1.807, 2.05) is 24.3 Å². The van der Waals surface area contributed by atoms with Gasteiger partial charge in [0.1, 0.15) is 0 Å². The van der Waals surface area contributed by atoms with Crippen molar-refractivity contribution < 1.29 is 14.1 Å². The lowest BCUT2D eigenvalue weighted by Crippen LogP contribution is -2.43. The number of ether oxygens (including phenoxy) is 1. The summed E-state index contributed by atoms with van der Waals surface area (Å²) in [6.45, 7) is 1.16. The molecule has 23 heavy (non-hydrogen) atoms. The maximum atomic E-state index is 12.0. The third-order valence-corrected chi connectivity index (χ3v) is 4.61. The Labute approximate surface area is 134 Å². The van der Waals surface area contributed by atoms with E-state index in [0.717, 1.165) is 29.0 Å². The molecule has 1 aromatic carbocycles. The van der Waals surface area contributed by atoms with Crippen LogP contribution >= 0.6 is 0 Å². The molecule has 2 N–H and O–H groups in total. The van der Waals surface area contributed by atoms with E-state index in [0.29, 0.717) is 25.7 Å². The van der Waals surface area contributed by atoms with Crippen molar-refractivity contribution in [3.63, 3.8) is 0 Å². The molecule has 6 nitrogen and oxygen atoms in total. The van der Waals surface area contributed by atoms with Crippen LogP contribution in [0.3, 0.4) is 0 Å². The average molecular weight is 315 g/mol. The fraction of sp³-hybridized carbons (Fsp3) is 0.529. The minimum Gasteiger partial charge on any atom is -0.376 e. The molecule has 1 aromatic heterocycles. The first kappa shape index (κ1) is 14.5. The van der Waals surface area contributed by atoms with E-state index in [1.165, 1.54) is 12.8 Å². The molecule has 2 aliphatic rings. The Morgan fingerprint density at radius 1 is 1.30 bits per heavy atom. The number of rotatable bonds is 5. The summed E-state index contributed by atoms with van der Waals surface area (Å²) >= 11 is 0. The molecule has 0 spiro atoms. The molecular weight excluding hydrogens is 294 g/mol. The van der Waals surface area contributed by atoms with E-state index < -0.39 is 0 Å². The van der Waals surface area contributed by atoms with Gasteiger partial charge in [-0.25, -0.2) is 4.79 Å². The lowest BCUT2D eigenvalue weighted by molar-refractivity contribution is 0.0922. The Kier molecular flexibility index (Phi) is 3.91. The smallest absolute Gasteiger partial charge is 0.315 e. The van der Waals surface area contributed by atoms with Gasteiger partial charge in [0, 0.05) is 18.4 Å². The van der Waals surface area contributed by atoms with Crippen LogP contribution in [-0.4, -0.2) is 36.5 Å². The molecule has 0 radical (unpaired) electrons. The molecule has 2 heterocycles. The summed E-state index contributed by atoms with van der Waals surface area (Å²) in [5.74, 6) is 0.727.